The second-order valence-corrected chi connectivity index (χ2v) is 9.10. The lowest BCUT2D eigenvalue weighted by atomic mass is 10.0. The minimum atomic E-state index is -0.557. The summed E-state index contributed by atoms with van der Waals surface area (Å²) >= 11 is 5.91. The third kappa shape index (κ3) is 4.33. The summed E-state index contributed by atoms with van der Waals surface area (Å²) < 4.78 is 22.7. The van der Waals surface area contributed by atoms with Gasteiger partial charge in [-0.1, -0.05) is 11.6 Å². The number of Topliss-reactive ketones (excluding diaryl/α,β-unsaturated/α-hetero) is 1. The van der Waals surface area contributed by atoms with E-state index >= 15 is 0 Å². The molecule has 0 unspecified atom stereocenters. The van der Waals surface area contributed by atoms with Crippen molar-refractivity contribution in [2.45, 2.75) is 32.5 Å². The Bertz CT molecular complexity index is 1190. The molecule has 0 amide bonds. The molecule has 1 aromatic carbocycles. The molecule has 9 heteroatoms. The molecule has 4 rings (SSSR count). The van der Waals surface area contributed by atoms with Crippen molar-refractivity contribution in [2.75, 3.05) is 23.7 Å². The van der Waals surface area contributed by atoms with Gasteiger partial charge in [0.05, 0.1) is 29.7 Å². The highest BCUT2D eigenvalue weighted by atomic mass is 35.5. The van der Waals surface area contributed by atoms with Crippen molar-refractivity contribution < 1.29 is 13.9 Å². The van der Waals surface area contributed by atoms with Crippen LogP contribution in [-0.2, 0) is 11.8 Å². The molecule has 0 aliphatic carbocycles. The standard InChI is InChI=1S/C23H25ClFN5O2/c1-13(31)17-8-20(28-22(21(17)26)16-6-5-15(24)7-18(16)25)30-11-19(32-23(2,3)12-30)14-9-27-29(4)10-14/h5-10,19H,11-12,26H2,1-4H3/t19-/m0/s1. The van der Waals surface area contributed by atoms with Crippen molar-refractivity contribution in [3.8, 4) is 11.3 Å². The lowest BCUT2D eigenvalue weighted by molar-refractivity contribution is -0.0857. The summed E-state index contributed by atoms with van der Waals surface area (Å²) in [7, 11) is 1.85. The van der Waals surface area contributed by atoms with Gasteiger partial charge in [0.15, 0.2) is 5.78 Å². The van der Waals surface area contributed by atoms with Crippen LogP contribution in [0.3, 0.4) is 0 Å². The molecule has 0 radical (unpaired) electrons. The van der Waals surface area contributed by atoms with Crippen LogP contribution in [0.2, 0.25) is 5.02 Å². The zero-order valence-electron chi connectivity index (χ0n) is 18.4. The molecule has 0 bridgehead atoms. The number of morpholine rings is 1. The number of aromatic nitrogens is 3. The first-order valence-corrected chi connectivity index (χ1v) is 10.6. The number of carbonyl (C=O) groups excluding carboxylic acids is 1. The maximum absolute atomic E-state index is 14.7. The molecule has 1 aliphatic heterocycles. The molecule has 3 aromatic rings. The van der Waals surface area contributed by atoms with Gasteiger partial charge in [-0.3, -0.25) is 9.48 Å². The van der Waals surface area contributed by atoms with Gasteiger partial charge in [0, 0.05) is 41.5 Å². The van der Waals surface area contributed by atoms with E-state index in [0.717, 1.165) is 5.56 Å². The molecule has 7 nitrogen and oxygen atoms in total. The van der Waals surface area contributed by atoms with Gasteiger partial charge >= 0.3 is 0 Å². The van der Waals surface area contributed by atoms with Gasteiger partial charge in [-0.15, -0.1) is 0 Å². The van der Waals surface area contributed by atoms with Crippen LogP contribution < -0.4 is 10.6 Å². The summed E-state index contributed by atoms with van der Waals surface area (Å²) in [5.74, 6) is -0.254. The highest BCUT2D eigenvalue weighted by Crippen LogP contribution is 2.37. The quantitative estimate of drug-likeness (QED) is 0.584. The first-order valence-electron chi connectivity index (χ1n) is 10.2. The fourth-order valence-electron chi connectivity index (χ4n) is 4.02. The number of rotatable bonds is 4. The van der Waals surface area contributed by atoms with Crippen LogP contribution in [0.5, 0.6) is 0 Å². The van der Waals surface area contributed by atoms with Crippen molar-refractivity contribution in [1.29, 1.82) is 0 Å². The Morgan fingerprint density at radius 1 is 1.34 bits per heavy atom. The van der Waals surface area contributed by atoms with Crippen LogP contribution in [0, 0.1) is 5.82 Å². The molecule has 1 atom stereocenters. The van der Waals surface area contributed by atoms with Crippen molar-refractivity contribution >= 4 is 28.9 Å². The monoisotopic (exact) mass is 457 g/mol. The van der Waals surface area contributed by atoms with Gasteiger partial charge in [0.2, 0.25) is 0 Å². The lowest BCUT2D eigenvalue weighted by Gasteiger charge is -2.43. The summed E-state index contributed by atoms with van der Waals surface area (Å²) in [6.45, 7) is 6.43. The van der Waals surface area contributed by atoms with Crippen molar-refractivity contribution in [3.05, 3.63) is 58.6 Å². The molecule has 1 fully saturated rings. The number of ether oxygens (including phenoxy) is 1. The second-order valence-electron chi connectivity index (χ2n) is 8.66. The number of hydrogen-bond acceptors (Lipinski definition) is 6. The van der Waals surface area contributed by atoms with E-state index in [-0.39, 0.29) is 33.9 Å². The van der Waals surface area contributed by atoms with Gasteiger partial charge in [0.25, 0.3) is 0 Å². The van der Waals surface area contributed by atoms with E-state index in [0.29, 0.717) is 24.5 Å². The van der Waals surface area contributed by atoms with Crippen LogP contribution in [0.1, 0.15) is 42.8 Å². The van der Waals surface area contributed by atoms with E-state index in [1.165, 1.54) is 19.1 Å². The number of nitrogens with zero attached hydrogens (tertiary/aromatic N) is 4. The second kappa shape index (κ2) is 8.18. The topological polar surface area (TPSA) is 86.3 Å². The molecule has 3 heterocycles. The van der Waals surface area contributed by atoms with Gasteiger partial charge in [-0.25, -0.2) is 9.37 Å². The predicted molar refractivity (Wildman–Crippen MR) is 122 cm³/mol. The molecule has 1 saturated heterocycles. The molecule has 2 N–H and O–H groups in total. The SMILES string of the molecule is CC(=O)c1cc(N2C[C@@H](c3cnn(C)c3)OC(C)(C)C2)nc(-c2ccc(Cl)cc2F)c1N. The average molecular weight is 458 g/mol. The highest BCUT2D eigenvalue weighted by molar-refractivity contribution is 6.30. The van der Waals surface area contributed by atoms with Crippen molar-refractivity contribution in [1.82, 2.24) is 14.8 Å². The van der Waals surface area contributed by atoms with Gasteiger partial charge < -0.3 is 15.4 Å². The zero-order valence-corrected chi connectivity index (χ0v) is 19.2. The Balaban J connectivity index is 1.81. The number of nitrogen functional groups attached to an aromatic ring is 1. The third-order valence-electron chi connectivity index (χ3n) is 5.45. The number of pyridine rings is 1. The minimum absolute atomic E-state index is 0.138. The Morgan fingerprint density at radius 3 is 2.72 bits per heavy atom. The third-order valence-corrected chi connectivity index (χ3v) is 5.69. The van der Waals surface area contributed by atoms with Crippen molar-refractivity contribution in [2.24, 2.45) is 7.05 Å². The number of anilines is 2. The summed E-state index contributed by atoms with van der Waals surface area (Å²) in [4.78, 5) is 19.1. The number of ketones is 1. The zero-order chi connectivity index (χ0) is 23.2. The van der Waals surface area contributed by atoms with Crippen LogP contribution in [0.25, 0.3) is 11.3 Å². The smallest absolute Gasteiger partial charge is 0.162 e. The van der Waals surface area contributed by atoms with E-state index in [2.05, 4.69) is 10.1 Å². The number of nitrogens with two attached hydrogens (primary N) is 1. The summed E-state index contributed by atoms with van der Waals surface area (Å²) in [6.07, 6.45) is 3.44. The van der Waals surface area contributed by atoms with Crippen LogP contribution in [0.4, 0.5) is 15.9 Å². The Hall–Kier alpha value is -2.97. The lowest BCUT2D eigenvalue weighted by Crippen LogP contribution is -2.50. The first-order chi connectivity index (χ1) is 15.0. The van der Waals surface area contributed by atoms with Crippen LogP contribution in [0.15, 0.2) is 36.7 Å². The van der Waals surface area contributed by atoms with E-state index in [9.17, 15) is 9.18 Å². The summed E-state index contributed by atoms with van der Waals surface area (Å²) in [5, 5.41) is 4.51. The molecule has 0 saturated carbocycles. The fraction of sp³-hybridized carbons (Fsp3) is 0.348. The number of benzene rings is 1. The van der Waals surface area contributed by atoms with E-state index < -0.39 is 11.4 Å². The molecular formula is C23H25ClFN5O2. The van der Waals surface area contributed by atoms with Crippen molar-refractivity contribution in [3.63, 3.8) is 0 Å². The number of aryl methyl sites for hydroxylation is 1. The minimum Gasteiger partial charge on any atom is -0.396 e. The predicted octanol–water partition coefficient (Wildman–Crippen LogP) is 4.42. The summed E-state index contributed by atoms with van der Waals surface area (Å²) in [6, 6.07) is 5.95. The van der Waals surface area contributed by atoms with Crippen LogP contribution in [-0.4, -0.2) is 39.2 Å². The number of halogens is 2. The Morgan fingerprint density at radius 2 is 2.09 bits per heavy atom. The maximum Gasteiger partial charge on any atom is 0.162 e. The van der Waals surface area contributed by atoms with Gasteiger partial charge in [-0.05, 0) is 45.0 Å². The molecule has 1 aliphatic rings. The van der Waals surface area contributed by atoms with Crippen LogP contribution >= 0.6 is 11.6 Å². The molecular weight excluding hydrogens is 433 g/mol. The molecule has 168 valence electrons. The maximum atomic E-state index is 14.7. The van der Waals surface area contributed by atoms with E-state index in [4.69, 9.17) is 22.1 Å². The normalized spacial score (nSPS) is 18.1. The number of carbonyl (C=O) groups is 1. The first kappa shape index (κ1) is 22.2. The summed E-state index contributed by atoms with van der Waals surface area (Å²) in [5.41, 5.74) is 7.53. The average Bonchev–Trinajstić information content (AvgIpc) is 3.13. The molecule has 2 aromatic heterocycles. The Kier molecular flexibility index (Phi) is 5.68. The van der Waals surface area contributed by atoms with Gasteiger partial charge in [0.1, 0.15) is 17.7 Å². The Labute approximate surface area is 190 Å². The van der Waals surface area contributed by atoms with Gasteiger partial charge in [-0.2, -0.15) is 5.10 Å². The van der Waals surface area contributed by atoms with E-state index in [1.807, 2.05) is 32.0 Å². The largest absolute Gasteiger partial charge is 0.396 e. The fourth-order valence-corrected chi connectivity index (χ4v) is 4.18. The molecule has 32 heavy (non-hydrogen) atoms. The molecule has 0 spiro atoms. The number of hydrogen-bond donors (Lipinski definition) is 1. The highest BCUT2D eigenvalue weighted by Gasteiger charge is 2.36. The van der Waals surface area contributed by atoms with E-state index in [1.54, 1.807) is 23.0 Å².